The van der Waals surface area contributed by atoms with Crippen LogP contribution in [0.15, 0.2) is 24.3 Å². The van der Waals surface area contributed by atoms with E-state index in [0.29, 0.717) is 23.9 Å². The second kappa shape index (κ2) is 38.6. The van der Waals surface area contributed by atoms with Crippen molar-refractivity contribution in [1.82, 2.24) is 0 Å². The van der Waals surface area contributed by atoms with E-state index in [0.717, 1.165) is 51.4 Å². The van der Waals surface area contributed by atoms with Gasteiger partial charge in [-0.1, -0.05) is 160 Å². The third kappa shape index (κ3) is 39.8. The number of rotatable bonds is 41. The number of carbonyl (C=O) groups excluding carboxylic acids is 3. The topological polar surface area (TPSA) is 111 Å². The molecule has 55 heavy (non-hydrogen) atoms. The van der Waals surface area contributed by atoms with Gasteiger partial charge in [-0.05, 0) is 44.9 Å². The van der Waals surface area contributed by atoms with Gasteiger partial charge in [0, 0.05) is 12.8 Å². The molecule has 0 amide bonds. The Morgan fingerprint density at radius 1 is 0.545 bits per heavy atom. The summed E-state index contributed by atoms with van der Waals surface area (Å²) >= 11 is 0. The summed E-state index contributed by atoms with van der Waals surface area (Å²) in [5.41, 5.74) is 0. The third-order valence-corrected chi connectivity index (χ3v) is 9.70. The standard InChI is InChI=1S/C46H85NO8/c1-6-8-10-12-14-16-18-20-21-22-23-24-25-27-29-31-33-35-37-44(49)55-42(41-54-46(45(50)51)52-39-38-47(3,4)5)40-53-43(48)36-34-32-30-28-26-19-17-15-13-11-9-7-2/h16,18,21-22,42,46H,6-15,17,19-20,23-41H2,1-5H3/b18-16-,22-21-. The number of unbranched alkanes of at least 4 members (excludes halogenated alkanes) is 22. The molecule has 0 aliphatic rings. The number of allylic oxidation sites excluding steroid dienone is 4. The second-order valence-corrected chi connectivity index (χ2v) is 16.3. The molecule has 0 spiro atoms. The summed E-state index contributed by atoms with van der Waals surface area (Å²) in [7, 11) is 5.90. The second-order valence-electron chi connectivity index (χ2n) is 16.3. The molecule has 2 atom stereocenters. The molecule has 2 unspecified atom stereocenters. The number of carbonyl (C=O) groups is 3. The lowest BCUT2D eigenvalue weighted by atomic mass is 10.0. The van der Waals surface area contributed by atoms with Gasteiger partial charge >= 0.3 is 11.9 Å². The molecule has 322 valence electrons. The Morgan fingerprint density at radius 2 is 0.982 bits per heavy atom. The zero-order valence-corrected chi connectivity index (χ0v) is 36.3. The van der Waals surface area contributed by atoms with Gasteiger partial charge < -0.3 is 33.3 Å². The number of quaternary nitrogens is 1. The van der Waals surface area contributed by atoms with E-state index >= 15 is 0 Å². The van der Waals surface area contributed by atoms with Crippen LogP contribution in [0.25, 0.3) is 0 Å². The highest BCUT2D eigenvalue weighted by Gasteiger charge is 2.21. The van der Waals surface area contributed by atoms with Crippen LogP contribution in [-0.2, 0) is 33.3 Å². The molecule has 0 saturated carbocycles. The van der Waals surface area contributed by atoms with Crippen LogP contribution in [0.1, 0.15) is 194 Å². The molecule has 0 fully saturated rings. The van der Waals surface area contributed by atoms with Crippen molar-refractivity contribution >= 4 is 17.9 Å². The van der Waals surface area contributed by atoms with Gasteiger partial charge in [-0.15, -0.1) is 0 Å². The van der Waals surface area contributed by atoms with Crippen LogP contribution < -0.4 is 5.11 Å². The van der Waals surface area contributed by atoms with Crippen molar-refractivity contribution < 1.29 is 42.9 Å². The maximum Gasteiger partial charge on any atom is 0.306 e. The Balaban J connectivity index is 4.43. The fourth-order valence-electron chi connectivity index (χ4n) is 6.15. The predicted molar refractivity (Wildman–Crippen MR) is 223 cm³/mol. The molecule has 0 rings (SSSR count). The van der Waals surface area contributed by atoms with Crippen LogP contribution in [-0.4, -0.2) is 82.3 Å². The minimum Gasteiger partial charge on any atom is -0.545 e. The van der Waals surface area contributed by atoms with E-state index in [4.69, 9.17) is 18.9 Å². The number of carboxylic acids is 1. The van der Waals surface area contributed by atoms with Gasteiger partial charge in [0.2, 0.25) is 0 Å². The molecule has 0 aliphatic carbocycles. The van der Waals surface area contributed by atoms with Crippen molar-refractivity contribution in [2.75, 3.05) is 47.5 Å². The van der Waals surface area contributed by atoms with Crippen LogP contribution in [0.4, 0.5) is 0 Å². The van der Waals surface area contributed by atoms with Gasteiger partial charge in [-0.25, -0.2) is 0 Å². The van der Waals surface area contributed by atoms with Crippen molar-refractivity contribution in [3.63, 3.8) is 0 Å². The maximum atomic E-state index is 12.7. The smallest absolute Gasteiger partial charge is 0.306 e. The molecular weight excluding hydrogens is 695 g/mol. The normalized spacial score (nSPS) is 13.1. The average Bonchev–Trinajstić information content (AvgIpc) is 3.14. The highest BCUT2D eigenvalue weighted by atomic mass is 16.7. The molecule has 0 aromatic heterocycles. The van der Waals surface area contributed by atoms with Crippen LogP contribution in [0, 0.1) is 0 Å². The summed E-state index contributed by atoms with van der Waals surface area (Å²) in [4.78, 5) is 36.9. The summed E-state index contributed by atoms with van der Waals surface area (Å²) < 4.78 is 22.5. The lowest BCUT2D eigenvalue weighted by molar-refractivity contribution is -0.870. The molecule has 0 heterocycles. The minimum absolute atomic E-state index is 0.148. The molecule has 0 aromatic rings. The summed E-state index contributed by atoms with van der Waals surface area (Å²) in [5, 5.41) is 11.7. The highest BCUT2D eigenvalue weighted by Crippen LogP contribution is 2.14. The Hall–Kier alpha value is -2.23. The summed E-state index contributed by atoms with van der Waals surface area (Å²) in [6.07, 6.45) is 37.7. The Morgan fingerprint density at radius 3 is 1.45 bits per heavy atom. The molecule has 0 aromatic carbocycles. The monoisotopic (exact) mass is 780 g/mol. The van der Waals surface area contributed by atoms with E-state index in [1.807, 2.05) is 21.1 Å². The van der Waals surface area contributed by atoms with Gasteiger partial charge in [-0.2, -0.15) is 0 Å². The quantitative estimate of drug-likeness (QED) is 0.0198. The zero-order valence-electron chi connectivity index (χ0n) is 36.3. The predicted octanol–water partition coefficient (Wildman–Crippen LogP) is 10.3. The first kappa shape index (κ1) is 52.8. The van der Waals surface area contributed by atoms with Crippen molar-refractivity contribution in [3.05, 3.63) is 24.3 Å². The fraction of sp³-hybridized carbons (Fsp3) is 0.848. The number of nitrogens with zero attached hydrogens (tertiary/aromatic N) is 1. The van der Waals surface area contributed by atoms with Crippen molar-refractivity contribution in [2.45, 2.75) is 206 Å². The fourth-order valence-corrected chi connectivity index (χ4v) is 6.15. The minimum atomic E-state index is -1.62. The molecule has 0 saturated heterocycles. The average molecular weight is 780 g/mol. The van der Waals surface area contributed by atoms with E-state index in [-0.39, 0.29) is 32.2 Å². The Labute approximate surface area is 337 Å². The SMILES string of the molecule is CCCCCC/C=C\C/C=C\CCCCCCCCCC(=O)OC(COC(=O)CCCCCCCCCCCCCC)COC(OCC[N+](C)(C)C)C(=O)[O-]. The van der Waals surface area contributed by atoms with Gasteiger partial charge in [0.15, 0.2) is 12.4 Å². The summed E-state index contributed by atoms with van der Waals surface area (Å²) in [6.45, 7) is 4.71. The van der Waals surface area contributed by atoms with Crippen molar-refractivity contribution in [2.24, 2.45) is 0 Å². The van der Waals surface area contributed by atoms with Crippen LogP contribution >= 0.6 is 0 Å². The van der Waals surface area contributed by atoms with Gasteiger partial charge in [-0.3, -0.25) is 9.59 Å². The Bertz CT molecular complexity index is 960. The van der Waals surface area contributed by atoms with E-state index in [2.05, 4.69) is 38.2 Å². The number of carboxylic acid groups (broad SMARTS) is 1. The van der Waals surface area contributed by atoms with Crippen molar-refractivity contribution in [1.29, 1.82) is 0 Å². The molecule has 0 N–H and O–H groups in total. The summed E-state index contributed by atoms with van der Waals surface area (Å²) in [5.74, 6) is -2.29. The lowest BCUT2D eigenvalue weighted by Gasteiger charge is -2.26. The Kier molecular flexibility index (Phi) is 37.1. The van der Waals surface area contributed by atoms with E-state index in [1.54, 1.807) is 0 Å². The first-order valence-electron chi connectivity index (χ1n) is 22.5. The zero-order chi connectivity index (χ0) is 40.7. The number of likely N-dealkylation sites (N-methyl/N-ethyl adjacent to an activating group) is 1. The highest BCUT2D eigenvalue weighted by molar-refractivity contribution is 5.70. The maximum absolute atomic E-state index is 12.7. The molecule has 0 aliphatic heterocycles. The van der Waals surface area contributed by atoms with Crippen LogP contribution in [0.2, 0.25) is 0 Å². The number of aliphatic carboxylic acids is 1. The van der Waals surface area contributed by atoms with E-state index in [1.165, 1.54) is 109 Å². The number of hydrogen-bond acceptors (Lipinski definition) is 8. The van der Waals surface area contributed by atoms with Crippen LogP contribution in [0.3, 0.4) is 0 Å². The molecule has 9 nitrogen and oxygen atoms in total. The van der Waals surface area contributed by atoms with Gasteiger partial charge in [0.05, 0.1) is 40.3 Å². The number of hydrogen-bond donors (Lipinski definition) is 0. The first-order valence-corrected chi connectivity index (χ1v) is 22.5. The lowest BCUT2D eigenvalue weighted by Crippen LogP contribution is -2.44. The molecule has 0 bridgehead atoms. The van der Waals surface area contributed by atoms with Crippen molar-refractivity contribution in [3.8, 4) is 0 Å². The molecular formula is C46H85NO8. The van der Waals surface area contributed by atoms with Crippen LogP contribution in [0.5, 0.6) is 0 Å². The third-order valence-electron chi connectivity index (χ3n) is 9.70. The number of esters is 2. The summed E-state index contributed by atoms with van der Waals surface area (Å²) in [6, 6.07) is 0. The molecule has 0 radical (unpaired) electrons. The largest absolute Gasteiger partial charge is 0.545 e. The first-order chi connectivity index (χ1) is 26.6. The van der Waals surface area contributed by atoms with Gasteiger partial charge in [0.1, 0.15) is 13.2 Å². The van der Waals surface area contributed by atoms with Gasteiger partial charge in [0.25, 0.3) is 0 Å². The number of ether oxygens (including phenoxy) is 4. The van der Waals surface area contributed by atoms with E-state index < -0.39 is 24.3 Å². The van der Waals surface area contributed by atoms with E-state index in [9.17, 15) is 19.5 Å². The molecule has 9 heteroatoms.